The van der Waals surface area contributed by atoms with Crippen LogP contribution in [0, 0.1) is 0 Å². The van der Waals surface area contributed by atoms with Gasteiger partial charge >= 0.3 is 5.97 Å². The van der Waals surface area contributed by atoms with E-state index in [1.54, 1.807) is 31.1 Å². The molecule has 0 rings (SSSR count). The molecule has 0 N–H and O–H groups in total. The second-order valence-corrected chi connectivity index (χ2v) is 2.96. The van der Waals surface area contributed by atoms with E-state index in [-0.39, 0.29) is 11.8 Å². The summed E-state index contributed by atoms with van der Waals surface area (Å²) >= 11 is 0. The average molecular weight is 197 g/mol. The van der Waals surface area contributed by atoms with E-state index in [4.69, 9.17) is 4.74 Å². The highest BCUT2D eigenvalue weighted by molar-refractivity contribution is 5.87. The van der Waals surface area contributed by atoms with Gasteiger partial charge in [-0.1, -0.05) is 6.08 Å². The van der Waals surface area contributed by atoms with Crippen LogP contribution in [-0.4, -0.2) is 30.7 Å². The third-order valence-corrected chi connectivity index (χ3v) is 1.26. The third-order valence-electron chi connectivity index (χ3n) is 1.26. The Balaban J connectivity index is 4.48. The minimum Gasteiger partial charge on any atom is -0.410 e. The van der Waals surface area contributed by atoms with Crippen LogP contribution in [0.4, 0.5) is 0 Å². The Labute approximate surface area is 83.8 Å². The first-order valence-electron chi connectivity index (χ1n) is 4.18. The summed E-state index contributed by atoms with van der Waals surface area (Å²) < 4.78 is 4.88. The van der Waals surface area contributed by atoms with Gasteiger partial charge in [-0.15, -0.1) is 0 Å². The lowest BCUT2D eigenvalue weighted by molar-refractivity contribution is -0.138. The molecule has 0 atom stereocenters. The van der Waals surface area contributed by atoms with Crippen LogP contribution in [0.5, 0.6) is 0 Å². The van der Waals surface area contributed by atoms with Crippen molar-refractivity contribution in [3.05, 3.63) is 24.1 Å². The van der Waals surface area contributed by atoms with Gasteiger partial charge in [-0.25, -0.2) is 0 Å². The maximum atomic E-state index is 10.7. The van der Waals surface area contributed by atoms with E-state index < -0.39 is 0 Å². The number of carbonyl (C=O) groups is 2. The molecular formula is C10H15NO3. The van der Waals surface area contributed by atoms with Crippen LogP contribution in [0.25, 0.3) is 0 Å². The number of nitrogens with zero attached hydrogens (tertiary/aromatic N) is 1. The molecule has 0 aliphatic rings. The molecule has 0 aromatic heterocycles. The molecule has 0 spiro atoms. The van der Waals surface area contributed by atoms with Gasteiger partial charge in [-0.2, -0.15) is 0 Å². The Bertz CT molecular complexity index is 277. The fraction of sp³-hybridized carbons (Fsp3) is 0.400. The van der Waals surface area contributed by atoms with Crippen LogP contribution in [0.15, 0.2) is 24.1 Å². The second-order valence-electron chi connectivity index (χ2n) is 2.96. The van der Waals surface area contributed by atoms with Gasteiger partial charge in [-0.05, 0) is 19.1 Å². The van der Waals surface area contributed by atoms with Crippen molar-refractivity contribution in [3.8, 4) is 0 Å². The molecule has 0 radical (unpaired) electrons. The van der Waals surface area contributed by atoms with Gasteiger partial charge in [0.1, 0.15) is 0 Å². The zero-order chi connectivity index (χ0) is 11.1. The zero-order valence-corrected chi connectivity index (χ0v) is 8.90. The van der Waals surface area contributed by atoms with Crippen LogP contribution < -0.4 is 0 Å². The third kappa shape index (κ3) is 5.99. The lowest BCUT2D eigenvalue weighted by Crippen LogP contribution is -2.15. The van der Waals surface area contributed by atoms with Crippen LogP contribution in [0.1, 0.15) is 13.8 Å². The highest BCUT2D eigenvalue weighted by atomic mass is 16.5. The summed E-state index contributed by atoms with van der Waals surface area (Å²) in [5.41, 5.74) is 0. The Kier molecular flexibility index (Phi) is 5.29. The summed E-state index contributed by atoms with van der Waals surface area (Å²) in [5, 5.41) is 0. The Morgan fingerprint density at radius 2 is 1.79 bits per heavy atom. The Morgan fingerprint density at radius 3 is 2.14 bits per heavy atom. The smallest absolute Gasteiger partial charge is 0.309 e. The van der Waals surface area contributed by atoms with Gasteiger partial charge in [0.2, 0.25) is 0 Å². The maximum Gasteiger partial charge on any atom is 0.309 e. The van der Waals surface area contributed by atoms with E-state index in [9.17, 15) is 9.59 Å². The molecule has 0 aromatic rings. The van der Waals surface area contributed by atoms with E-state index in [1.165, 1.54) is 19.9 Å². The second kappa shape index (κ2) is 5.96. The molecule has 14 heavy (non-hydrogen) atoms. The summed E-state index contributed by atoms with van der Waals surface area (Å²) in [5.74, 6) is -0.0432. The number of carbonyl (C=O) groups excluding carboxylic acids is 2. The van der Waals surface area contributed by atoms with Gasteiger partial charge in [-0.3, -0.25) is 9.59 Å². The van der Waals surface area contributed by atoms with E-state index >= 15 is 0 Å². The van der Waals surface area contributed by atoms with Crippen LogP contribution >= 0.6 is 0 Å². The van der Waals surface area contributed by atoms with Gasteiger partial charge in [0, 0.05) is 21.0 Å². The van der Waals surface area contributed by atoms with Gasteiger partial charge in [0.05, 0.1) is 0 Å². The summed E-state index contributed by atoms with van der Waals surface area (Å²) in [6.07, 6.45) is 4.50. The summed E-state index contributed by atoms with van der Waals surface area (Å²) in [4.78, 5) is 22.9. The number of esters is 1. The molecule has 4 nitrogen and oxygen atoms in total. The molecule has 0 heterocycles. The van der Waals surface area contributed by atoms with Crippen molar-refractivity contribution in [3.63, 3.8) is 0 Å². The number of hydrogen-bond donors (Lipinski definition) is 0. The SMILES string of the molecule is CC(=O)/C=C/C=C(/OC(C)=O)N(C)C. The fourth-order valence-corrected chi connectivity index (χ4v) is 0.688. The lowest BCUT2D eigenvalue weighted by Gasteiger charge is -2.14. The zero-order valence-electron chi connectivity index (χ0n) is 8.90. The summed E-state index contributed by atoms with van der Waals surface area (Å²) in [6, 6.07) is 0. The highest BCUT2D eigenvalue weighted by Crippen LogP contribution is 2.01. The predicted molar refractivity (Wildman–Crippen MR) is 53.4 cm³/mol. The monoisotopic (exact) mass is 197 g/mol. The molecule has 0 fully saturated rings. The lowest BCUT2D eigenvalue weighted by atomic mass is 10.4. The van der Waals surface area contributed by atoms with Crippen molar-refractivity contribution in [2.45, 2.75) is 13.8 Å². The number of ether oxygens (including phenoxy) is 1. The van der Waals surface area contributed by atoms with Gasteiger partial charge < -0.3 is 9.64 Å². The first-order valence-corrected chi connectivity index (χ1v) is 4.18. The minimum atomic E-state index is -0.388. The summed E-state index contributed by atoms with van der Waals surface area (Å²) in [7, 11) is 3.49. The molecule has 0 bridgehead atoms. The average Bonchev–Trinajstić information content (AvgIpc) is 2.00. The summed E-state index contributed by atoms with van der Waals surface area (Å²) in [6.45, 7) is 2.78. The molecule has 0 amide bonds. The van der Waals surface area contributed by atoms with Crippen LogP contribution in [-0.2, 0) is 14.3 Å². The highest BCUT2D eigenvalue weighted by Gasteiger charge is 2.02. The molecule has 0 saturated heterocycles. The van der Waals surface area contributed by atoms with Crippen molar-refractivity contribution in [2.75, 3.05) is 14.1 Å². The molecule has 0 saturated carbocycles. The van der Waals surface area contributed by atoms with Gasteiger partial charge in [0.25, 0.3) is 0 Å². The number of ketones is 1. The van der Waals surface area contributed by atoms with Crippen molar-refractivity contribution < 1.29 is 14.3 Å². The van der Waals surface area contributed by atoms with Gasteiger partial charge in [0.15, 0.2) is 11.7 Å². The molecule has 78 valence electrons. The number of allylic oxidation sites excluding steroid dienone is 3. The van der Waals surface area contributed by atoms with E-state index in [0.717, 1.165) is 0 Å². The normalized spacial score (nSPS) is 11.6. The molecule has 0 aliphatic carbocycles. The first kappa shape index (κ1) is 12.4. The quantitative estimate of drug-likeness (QED) is 0.293. The van der Waals surface area contributed by atoms with E-state index in [0.29, 0.717) is 5.88 Å². The molecule has 4 heteroatoms. The number of hydrogen-bond acceptors (Lipinski definition) is 4. The van der Waals surface area contributed by atoms with Crippen LogP contribution in [0.3, 0.4) is 0 Å². The standard InChI is InChI=1S/C10H15NO3/c1-8(12)6-5-7-10(11(3)4)14-9(2)13/h5-7H,1-4H3/b6-5+,10-7+. The minimum absolute atomic E-state index is 0.0535. The molecule has 0 aliphatic heterocycles. The molecular weight excluding hydrogens is 182 g/mol. The largest absolute Gasteiger partial charge is 0.410 e. The molecule has 0 aromatic carbocycles. The van der Waals surface area contributed by atoms with E-state index in [2.05, 4.69) is 0 Å². The number of rotatable bonds is 4. The Hall–Kier alpha value is -1.58. The topological polar surface area (TPSA) is 46.6 Å². The predicted octanol–water partition coefficient (Wildman–Crippen LogP) is 1.10. The fourth-order valence-electron chi connectivity index (χ4n) is 0.688. The van der Waals surface area contributed by atoms with Crippen molar-refractivity contribution in [1.82, 2.24) is 4.90 Å². The van der Waals surface area contributed by atoms with Crippen molar-refractivity contribution in [2.24, 2.45) is 0 Å². The Morgan fingerprint density at radius 1 is 1.21 bits per heavy atom. The molecule has 0 unspecified atom stereocenters. The van der Waals surface area contributed by atoms with Crippen molar-refractivity contribution >= 4 is 11.8 Å². The van der Waals surface area contributed by atoms with Crippen molar-refractivity contribution in [1.29, 1.82) is 0 Å². The van der Waals surface area contributed by atoms with Crippen LogP contribution in [0.2, 0.25) is 0 Å². The van der Waals surface area contributed by atoms with E-state index in [1.807, 2.05) is 0 Å². The maximum absolute atomic E-state index is 10.7. The first-order chi connectivity index (χ1) is 6.43.